The Morgan fingerprint density at radius 1 is 1.05 bits per heavy atom. The zero-order chi connectivity index (χ0) is 15.6. The summed E-state index contributed by atoms with van der Waals surface area (Å²) in [5.74, 6) is -0.0366. The minimum Gasteiger partial charge on any atom is -0.410 e. The van der Waals surface area contributed by atoms with E-state index < -0.39 is 6.09 Å². The van der Waals surface area contributed by atoms with Crippen LogP contribution in [0.1, 0.15) is 41.5 Å². The maximum Gasteiger partial charge on any atom is 0.412 e. The molecule has 0 atom stereocenters. The molecule has 1 N–H and O–H groups in total. The van der Waals surface area contributed by atoms with Crippen molar-refractivity contribution in [3.8, 4) is 5.75 Å². The van der Waals surface area contributed by atoms with Gasteiger partial charge in [-0.25, -0.2) is 9.18 Å². The first-order valence-corrected chi connectivity index (χ1v) is 6.74. The largest absolute Gasteiger partial charge is 0.412 e. The molecule has 0 saturated carbocycles. The number of hydrogen-bond donors (Lipinski definition) is 1. The standard InChI is InChI=1S/C16H24FNO2/c1-15(2,3)13(16(4,5)6)18-14(19)20-12-9-7-11(17)8-10-12/h7-10,13H,1-6H3,(H,18,19). The van der Waals surface area contributed by atoms with Gasteiger partial charge in [-0.15, -0.1) is 0 Å². The first kappa shape index (κ1) is 16.5. The monoisotopic (exact) mass is 281 g/mol. The summed E-state index contributed by atoms with van der Waals surface area (Å²) < 4.78 is 18.0. The van der Waals surface area contributed by atoms with Crippen molar-refractivity contribution < 1.29 is 13.9 Å². The van der Waals surface area contributed by atoms with E-state index in [1.807, 2.05) is 0 Å². The van der Waals surface area contributed by atoms with E-state index in [0.717, 1.165) is 0 Å². The van der Waals surface area contributed by atoms with E-state index in [2.05, 4.69) is 46.9 Å². The van der Waals surface area contributed by atoms with Gasteiger partial charge in [0.2, 0.25) is 0 Å². The minimum atomic E-state index is -0.522. The molecule has 0 bridgehead atoms. The van der Waals surface area contributed by atoms with Crippen LogP contribution in [0.3, 0.4) is 0 Å². The highest BCUT2D eigenvalue weighted by Crippen LogP contribution is 2.33. The molecule has 20 heavy (non-hydrogen) atoms. The maximum atomic E-state index is 12.8. The van der Waals surface area contributed by atoms with Crippen molar-refractivity contribution in [1.29, 1.82) is 0 Å². The first-order chi connectivity index (χ1) is 9.00. The number of benzene rings is 1. The lowest BCUT2D eigenvalue weighted by molar-refractivity contribution is 0.126. The lowest BCUT2D eigenvalue weighted by atomic mass is 9.72. The summed E-state index contributed by atoms with van der Waals surface area (Å²) >= 11 is 0. The Balaban J connectivity index is 2.75. The number of hydrogen-bond acceptors (Lipinski definition) is 2. The average molecular weight is 281 g/mol. The molecule has 3 nitrogen and oxygen atoms in total. The number of carbonyl (C=O) groups is 1. The second kappa shape index (κ2) is 5.81. The molecule has 0 aromatic heterocycles. The van der Waals surface area contributed by atoms with E-state index in [0.29, 0.717) is 5.75 Å². The van der Waals surface area contributed by atoms with Gasteiger partial charge < -0.3 is 10.1 Å². The van der Waals surface area contributed by atoms with E-state index >= 15 is 0 Å². The van der Waals surface area contributed by atoms with Gasteiger partial charge in [-0.3, -0.25) is 0 Å². The van der Waals surface area contributed by atoms with Crippen molar-refractivity contribution in [2.75, 3.05) is 0 Å². The Hall–Kier alpha value is -1.58. The zero-order valence-electron chi connectivity index (χ0n) is 13.1. The molecule has 0 unspecified atom stereocenters. The number of nitrogens with one attached hydrogen (secondary N) is 1. The molecule has 1 rings (SSSR count). The Morgan fingerprint density at radius 2 is 1.50 bits per heavy atom. The predicted molar refractivity (Wildman–Crippen MR) is 78.3 cm³/mol. The fraction of sp³-hybridized carbons (Fsp3) is 0.562. The third-order valence-electron chi connectivity index (χ3n) is 3.02. The fourth-order valence-corrected chi connectivity index (χ4v) is 2.49. The van der Waals surface area contributed by atoms with Crippen molar-refractivity contribution in [3.63, 3.8) is 0 Å². The van der Waals surface area contributed by atoms with Gasteiger partial charge in [0.05, 0.1) is 0 Å². The summed E-state index contributed by atoms with van der Waals surface area (Å²) in [5, 5.41) is 2.91. The van der Waals surface area contributed by atoms with Gasteiger partial charge in [-0.2, -0.15) is 0 Å². The minimum absolute atomic E-state index is 0.0528. The molecule has 0 aliphatic heterocycles. The molecule has 1 aromatic rings. The molecule has 112 valence electrons. The van der Waals surface area contributed by atoms with Crippen molar-refractivity contribution in [2.45, 2.75) is 47.6 Å². The van der Waals surface area contributed by atoms with Crippen LogP contribution in [0.4, 0.5) is 9.18 Å². The van der Waals surface area contributed by atoms with Crippen LogP contribution in [0.25, 0.3) is 0 Å². The van der Waals surface area contributed by atoms with Gasteiger partial charge in [0.15, 0.2) is 0 Å². The molecule has 0 spiro atoms. The zero-order valence-corrected chi connectivity index (χ0v) is 13.1. The van der Waals surface area contributed by atoms with Crippen LogP contribution in [0.15, 0.2) is 24.3 Å². The molecule has 0 heterocycles. The fourth-order valence-electron chi connectivity index (χ4n) is 2.49. The number of amides is 1. The third-order valence-corrected chi connectivity index (χ3v) is 3.02. The molecule has 0 aliphatic carbocycles. The van der Waals surface area contributed by atoms with Crippen molar-refractivity contribution >= 4 is 6.09 Å². The highest BCUT2D eigenvalue weighted by Gasteiger charge is 2.36. The molecular formula is C16H24FNO2. The molecule has 0 fully saturated rings. The van der Waals surface area contributed by atoms with Gasteiger partial charge in [0.25, 0.3) is 0 Å². The maximum absolute atomic E-state index is 12.8. The van der Waals surface area contributed by atoms with E-state index in [1.165, 1.54) is 24.3 Å². The van der Waals surface area contributed by atoms with E-state index in [1.54, 1.807) is 0 Å². The Labute approximate surface area is 120 Å². The van der Waals surface area contributed by atoms with Crippen molar-refractivity contribution in [1.82, 2.24) is 5.32 Å². The van der Waals surface area contributed by atoms with Crippen LogP contribution in [-0.4, -0.2) is 12.1 Å². The predicted octanol–water partition coefficient (Wildman–Crippen LogP) is 4.37. The number of ether oxygens (including phenoxy) is 1. The topological polar surface area (TPSA) is 38.3 Å². The van der Waals surface area contributed by atoms with E-state index in [9.17, 15) is 9.18 Å². The lowest BCUT2D eigenvalue weighted by Gasteiger charge is -2.40. The Morgan fingerprint density at radius 3 is 1.90 bits per heavy atom. The van der Waals surface area contributed by atoms with E-state index in [-0.39, 0.29) is 22.7 Å². The Bertz CT molecular complexity index is 441. The van der Waals surface area contributed by atoms with Crippen LogP contribution in [0.5, 0.6) is 5.75 Å². The van der Waals surface area contributed by atoms with Gasteiger partial charge in [-0.1, -0.05) is 41.5 Å². The van der Waals surface area contributed by atoms with Crippen LogP contribution in [0, 0.1) is 16.6 Å². The summed E-state index contributed by atoms with van der Waals surface area (Å²) in [6, 6.07) is 5.32. The summed E-state index contributed by atoms with van der Waals surface area (Å²) in [6.45, 7) is 12.4. The van der Waals surface area contributed by atoms with Gasteiger partial charge >= 0.3 is 6.09 Å². The Kier molecular flexibility index (Phi) is 4.79. The number of halogens is 1. The summed E-state index contributed by atoms with van der Waals surface area (Å²) in [5.41, 5.74) is -0.194. The van der Waals surface area contributed by atoms with E-state index in [4.69, 9.17) is 4.74 Å². The molecule has 4 heteroatoms. The second-order valence-corrected chi connectivity index (χ2v) is 7.15. The summed E-state index contributed by atoms with van der Waals surface area (Å²) in [7, 11) is 0. The molecule has 0 aliphatic rings. The summed E-state index contributed by atoms with van der Waals surface area (Å²) in [6.07, 6.45) is -0.522. The van der Waals surface area contributed by atoms with Crippen molar-refractivity contribution in [3.05, 3.63) is 30.1 Å². The SMILES string of the molecule is CC(C)(C)C(NC(=O)Oc1ccc(F)cc1)C(C)(C)C. The second-order valence-electron chi connectivity index (χ2n) is 7.15. The molecule has 0 saturated heterocycles. The summed E-state index contributed by atoms with van der Waals surface area (Å²) in [4.78, 5) is 12.0. The molecule has 0 radical (unpaired) electrons. The highest BCUT2D eigenvalue weighted by molar-refractivity contribution is 5.70. The van der Waals surface area contributed by atoms with Crippen LogP contribution < -0.4 is 10.1 Å². The van der Waals surface area contributed by atoms with Crippen LogP contribution >= 0.6 is 0 Å². The van der Waals surface area contributed by atoms with Gasteiger partial charge in [-0.05, 0) is 35.1 Å². The van der Waals surface area contributed by atoms with Crippen LogP contribution in [0.2, 0.25) is 0 Å². The normalized spacial score (nSPS) is 12.4. The van der Waals surface area contributed by atoms with Crippen molar-refractivity contribution in [2.24, 2.45) is 10.8 Å². The quantitative estimate of drug-likeness (QED) is 0.874. The molecule has 1 amide bonds. The highest BCUT2D eigenvalue weighted by atomic mass is 19.1. The number of rotatable bonds is 2. The smallest absolute Gasteiger partial charge is 0.410 e. The number of carbonyl (C=O) groups excluding carboxylic acids is 1. The van der Waals surface area contributed by atoms with Gasteiger partial charge in [0.1, 0.15) is 11.6 Å². The molecule has 1 aromatic carbocycles. The van der Waals surface area contributed by atoms with Gasteiger partial charge in [0, 0.05) is 6.04 Å². The molecular weight excluding hydrogens is 257 g/mol. The van der Waals surface area contributed by atoms with Crippen LogP contribution in [-0.2, 0) is 0 Å². The lowest BCUT2D eigenvalue weighted by Crippen LogP contribution is -2.52. The first-order valence-electron chi connectivity index (χ1n) is 6.74. The third kappa shape index (κ3) is 4.83. The average Bonchev–Trinajstić information content (AvgIpc) is 2.26.